The molecule has 0 saturated carbocycles. The van der Waals surface area contributed by atoms with Crippen molar-refractivity contribution >= 4 is 29.2 Å². The molecule has 0 amide bonds. The molecule has 0 bridgehead atoms. The van der Waals surface area contributed by atoms with E-state index in [1.807, 2.05) is 0 Å². The fraction of sp³-hybridized carbons (Fsp3) is 0. The predicted molar refractivity (Wildman–Crippen MR) is 25.8 cm³/mol. The van der Waals surface area contributed by atoms with E-state index in [-0.39, 0.29) is 26.7 Å². The number of thiol groups is 1. The van der Waals surface area contributed by atoms with E-state index in [0.717, 1.165) is 0 Å². The topological polar surface area (TPSA) is 26.0 Å². The van der Waals surface area contributed by atoms with Crippen LogP contribution in [0.5, 0.6) is 0 Å². The molecule has 0 atom stereocenters. The number of thiocarbonyl (C=S) groups is 1. The Hall–Kier alpha value is 0.980. The molecule has 35 valence electrons. The Balaban J connectivity index is 0. The molecular formula is CH3AuNS2. The van der Waals surface area contributed by atoms with Gasteiger partial charge in [0.15, 0.2) is 0 Å². The molecule has 1 nitrogen and oxygen atoms in total. The molecular weight excluding hydrogens is 287 g/mol. The number of hydrogen-bond acceptors (Lipinski definition) is 1. The van der Waals surface area contributed by atoms with Crippen molar-refractivity contribution in [3.05, 3.63) is 0 Å². The van der Waals surface area contributed by atoms with Crippen LogP contribution in [-0.4, -0.2) is 4.32 Å². The molecule has 0 aromatic heterocycles. The van der Waals surface area contributed by atoms with Crippen LogP contribution in [0.4, 0.5) is 0 Å². The van der Waals surface area contributed by atoms with Crippen LogP contribution in [0.3, 0.4) is 0 Å². The fourth-order valence-corrected chi connectivity index (χ4v) is 0. The first kappa shape index (κ1) is 9.36. The molecule has 0 fully saturated rings. The van der Waals surface area contributed by atoms with Crippen LogP contribution >= 0.6 is 24.8 Å². The minimum absolute atomic E-state index is 0. The summed E-state index contributed by atoms with van der Waals surface area (Å²) in [5, 5.41) is 0. The van der Waals surface area contributed by atoms with E-state index in [1.165, 1.54) is 0 Å². The van der Waals surface area contributed by atoms with Gasteiger partial charge in [-0.2, -0.15) is 0 Å². The van der Waals surface area contributed by atoms with Gasteiger partial charge in [-0.3, -0.25) is 0 Å². The zero-order valence-corrected chi connectivity index (χ0v) is 6.11. The molecule has 4 heteroatoms. The minimum Gasteiger partial charge on any atom is -0.385 e. The van der Waals surface area contributed by atoms with E-state index in [1.54, 1.807) is 0 Å². The van der Waals surface area contributed by atoms with Gasteiger partial charge >= 0.3 is 0 Å². The summed E-state index contributed by atoms with van der Waals surface area (Å²) in [5.41, 5.74) is 4.71. The monoisotopic (exact) mass is 290 g/mol. The van der Waals surface area contributed by atoms with Gasteiger partial charge in [0.1, 0.15) is 4.32 Å². The van der Waals surface area contributed by atoms with Gasteiger partial charge in [-0.1, -0.05) is 12.2 Å². The van der Waals surface area contributed by atoms with Gasteiger partial charge in [-0.05, 0) is 0 Å². The van der Waals surface area contributed by atoms with Gasteiger partial charge in [-0.25, -0.2) is 0 Å². The molecule has 0 aromatic rings. The summed E-state index contributed by atoms with van der Waals surface area (Å²) < 4.78 is 0.194. The van der Waals surface area contributed by atoms with Crippen molar-refractivity contribution in [3.63, 3.8) is 0 Å². The summed E-state index contributed by atoms with van der Waals surface area (Å²) in [6, 6.07) is 0. The summed E-state index contributed by atoms with van der Waals surface area (Å²) in [6.45, 7) is 0. The molecule has 0 unspecified atom stereocenters. The minimum atomic E-state index is 0. The van der Waals surface area contributed by atoms with Gasteiger partial charge in [0.25, 0.3) is 0 Å². The quantitative estimate of drug-likeness (QED) is 0.377. The van der Waals surface area contributed by atoms with Gasteiger partial charge in [-0.15, -0.1) is 12.6 Å². The van der Waals surface area contributed by atoms with Crippen molar-refractivity contribution in [2.45, 2.75) is 0 Å². The molecule has 0 saturated heterocycles. The number of rotatable bonds is 0. The normalized spacial score (nSPS) is 5.00. The Morgan fingerprint density at radius 3 is 1.80 bits per heavy atom. The first-order chi connectivity index (χ1) is 1.73. The van der Waals surface area contributed by atoms with Crippen molar-refractivity contribution in [3.8, 4) is 0 Å². The third kappa shape index (κ3) is 46.0. The van der Waals surface area contributed by atoms with Crippen LogP contribution in [0.25, 0.3) is 0 Å². The molecule has 0 aliphatic rings. The van der Waals surface area contributed by atoms with Gasteiger partial charge < -0.3 is 5.73 Å². The Morgan fingerprint density at radius 2 is 1.80 bits per heavy atom. The molecule has 2 N–H and O–H groups in total. The van der Waals surface area contributed by atoms with Crippen molar-refractivity contribution in [1.82, 2.24) is 0 Å². The Kier molecular flexibility index (Phi) is 9.33. The van der Waals surface area contributed by atoms with E-state index in [0.29, 0.717) is 0 Å². The summed E-state index contributed by atoms with van der Waals surface area (Å²) in [7, 11) is 0. The maximum absolute atomic E-state index is 4.71. The molecule has 5 heavy (non-hydrogen) atoms. The second-order valence-corrected chi connectivity index (χ2v) is 1.56. The van der Waals surface area contributed by atoms with Crippen LogP contribution in [0.1, 0.15) is 0 Å². The average Bonchev–Trinajstić information content (AvgIpc) is 0.811. The van der Waals surface area contributed by atoms with Gasteiger partial charge in [0, 0.05) is 22.4 Å². The maximum Gasteiger partial charge on any atom is 0.128 e. The molecule has 0 rings (SSSR count). The SMILES string of the molecule is NC(=S)S.[Au]. The summed E-state index contributed by atoms with van der Waals surface area (Å²) in [5.74, 6) is 0. The molecule has 0 spiro atoms. The van der Waals surface area contributed by atoms with Crippen molar-refractivity contribution in [2.24, 2.45) is 5.73 Å². The van der Waals surface area contributed by atoms with Crippen molar-refractivity contribution < 1.29 is 22.4 Å². The second kappa shape index (κ2) is 4.98. The van der Waals surface area contributed by atoms with E-state index in [4.69, 9.17) is 5.73 Å². The van der Waals surface area contributed by atoms with Crippen LogP contribution < -0.4 is 5.73 Å². The van der Waals surface area contributed by atoms with E-state index < -0.39 is 0 Å². The van der Waals surface area contributed by atoms with Crippen LogP contribution in [0, 0.1) is 0 Å². The summed E-state index contributed by atoms with van der Waals surface area (Å²) >= 11 is 7.65. The maximum atomic E-state index is 4.71. The summed E-state index contributed by atoms with van der Waals surface area (Å²) in [6.07, 6.45) is 0. The standard InChI is InChI=1S/CH3NS2.Au/c2-1(3)4;/h(H3,2,3,4);. The Bertz CT molecular complexity index is 32.6. The largest absolute Gasteiger partial charge is 0.385 e. The summed E-state index contributed by atoms with van der Waals surface area (Å²) in [4.78, 5) is 0. The number of nitrogens with two attached hydrogens (primary N) is 1. The molecule has 0 aliphatic carbocycles. The van der Waals surface area contributed by atoms with E-state index in [2.05, 4.69) is 24.8 Å². The van der Waals surface area contributed by atoms with Crippen molar-refractivity contribution in [2.75, 3.05) is 0 Å². The molecule has 1 radical (unpaired) electrons. The molecule has 0 heterocycles. The van der Waals surface area contributed by atoms with Crippen LogP contribution in [0.15, 0.2) is 0 Å². The third-order valence-corrected chi connectivity index (χ3v) is 0. The zero-order chi connectivity index (χ0) is 3.58. The Morgan fingerprint density at radius 1 is 1.80 bits per heavy atom. The third-order valence-electron chi connectivity index (χ3n) is 0. The fourth-order valence-electron chi connectivity index (χ4n) is 0. The predicted octanol–water partition coefficient (Wildman–Crippen LogP) is 0.157. The van der Waals surface area contributed by atoms with Crippen LogP contribution in [0.2, 0.25) is 0 Å². The van der Waals surface area contributed by atoms with E-state index in [9.17, 15) is 0 Å². The van der Waals surface area contributed by atoms with Gasteiger partial charge in [0.05, 0.1) is 0 Å². The molecule has 0 aromatic carbocycles. The van der Waals surface area contributed by atoms with Crippen LogP contribution in [-0.2, 0) is 22.4 Å². The zero-order valence-electron chi connectivity index (χ0n) is 2.23. The van der Waals surface area contributed by atoms with Gasteiger partial charge in [0.2, 0.25) is 0 Å². The first-order valence-electron chi connectivity index (χ1n) is 0.716. The van der Waals surface area contributed by atoms with E-state index >= 15 is 0 Å². The average molecular weight is 290 g/mol. The number of hydrogen-bond donors (Lipinski definition) is 2. The Labute approximate surface area is 57.2 Å². The van der Waals surface area contributed by atoms with Crippen molar-refractivity contribution in [1.29, 1.82) is 0 Å². The second-order valence-electron chi connectivity index (χ2n) is 0.338. The smallest absolute Gasteiger partial charge is 0.128 e. The molecule has 0 aliphatic heterocycles. The first-order valence-corrected chi connectivity index (χ1v) is 1.57.